The number of aliphatic hydroxyl groups is 1. The molecule has 1 saturated heterocycles. The van der Waals surface area contributed by atoms with Crippen LogP contribution in [-0.2, 0) is 6.54 Å². The molecule has 1 fully saturated rings. The van der Waals surface area contributed by atoms with Crippen LogP contribution in [0.4, 0.5) is 0 Å². The lowest BCUT2D eigenvalue weighted by Gasteiger charge is -2.26. The third-order valence-corrected chi connectivity index (χ3v) is 3.53. The topological polar surface area (TPSA) is 62.4 Å². The van der Waals surface area contributed by atoms with E-state index < -0.39 is 0 Å². The first-order valence-corrected chi connectivity index (χ1v) is 6.88. The number of aliphatic hydroxyl groups excluding tert-OH is 1. The van der Waals surface area contributed by atoms with E-state index in [1.807, 2.05) is 13.8 Å². The van der Waals surface area contributed by atoms with Gasteiger partial charge in [-0.1, -0.05) is 31.8 Å². The van der Waals surface area contributed by atoms with Gasteiger partial charge in [0.25, 0.3) is 0 Å². The van der Waals surface area contributed by atoms with E-state index in [1.165, 1.54) is 19.3 Å². The van der Waals surface area contributed by atoms with Crippen molar-refractivity contribution < 1.29 is 9.63 Å². The van der Waals surface area contributed by atoms with Gasteiger partial charge in [-0.3, -0.25) is 4.90 Å². The first kappa shape index (κ1) is 13.5. The van der Waals surface area contributed by atoms with Crippen LogP contribution in [0.25, 0.3) is 0 Å². The normalized spacial score (nSPS) is 22.3. The lowest BCUT2D eigenvalue weighted by molar-refractivity contribution is 0.115. The van der Waals surface area contributed by atoms with Crippen molar-refractivity contribution in [1.29, 1.82) is 0 Å². The lowest BCUT2D eigenvalue weighted by atomic mass is 10.1. The Labute approximate surface area is 108 Å². The Balaban J connectivity index is 2.00. The molecule has 1 N–H and O–H groups in total. The number of hydrogen-bond acceptors (Lipinski definition) is 5. The molecule has 0 saturated carbocycles. The van der Waals surface area contributed by atoms with Gasteiger partial charge in [-0.2, -0.15) is 4.98 Å². The molecule has 0 bridgehead atoms. The first-order valence-electron chi connectivity index (χ1n) is 6.88. The molecule has 1 aliphatic heterocycles. The smallest absolute Gasteiger partial charge is 0.229 e. The number of likely N-dealkylation sites (tertiary alicyclic amines) is 1. The molecule has 1 aliphatic rings. The average Bonchev–Trinajstić information content (AvgIpc) is 2.70. The molecule has 2 heterocycles. The maximum absolute atomic E-state index is 9.45. The Morgan fingerprint density at radius 1 is 1.39 bits per heavy atom. The molecule has 0 spiro atoms. The third-order valence-electron chi connectivity index (χ3n) is 3.53. The van der Waals surface area contributed by atoms with Crippen molar-refractivity contribution >= 4 is 0 Å². The highest BCUT2D eigenvalue weighted by molar-refractivity contribution is 4.91. The van der Waals surface area contributed by atoms with E-state index in [1.54, 1.807) is 0 Å². The standard InChI is InChI=1S/C13H23N3O2/c1-10(2)13-14-12(15-18-13)8-16-7-5-3-4-6-11(16)9-17/h10-11,17H,3-9H2,1-2H3. The van der Waals surface area contributed by atoms with E-state index in [-0.39, 0.29) is 18.6 Å². The molecule has 1 unspecified atom stereocenters. The predicted molar refractivity (Wildman–Crippen MR) is 68.1 cm³/mol. The van der Waals surface area contributed by atoms with Crippen LogP contribution in [0.15, 0.2) is 4.52 Å². The van der Waals surface area contributed by atoms with Crippen LogP contribution < -0.4 is 0 Å². The Morgan fingerprint density at radius 3 is 2.89 bits per heavy atom. The van der Waals surface area contributed by atoms with Crippen LogP contribution in [0, 0.1) is 0 Å². The van der Waals surface area contributed by atoms with Crippen molar-refractivity contribution in [2.24, 2.45) is 0 Å². The minimum Gasteiger partial charge on any atom is -0.395 e. The summed E-state index contributed by atoms with van der Waals surface area (Å²) in [5.41, 5.74) is 0. The van der Waals surface area contributed by atoms with Crippen molar-refractivity contribution in [1.82, 2.24) is 15.0 Å². The van der Waals surface area contributed by atoms with Crippen LogP contribution in [0.1, 0.15) is 57.2 Å². The quantitative estimate of drug-likeness (QED) is 0.888. The van der Waals surface area contributed by atoms with Crippen LogP contribution in [0.3, 0.4) is 0 Å². The fourth-order valence-corrected chi connectivity index (χ4v) is 2.40. The van der Waals surface area contributed by atoms with E-state index in [0.717, 1.165) is 18.8 Å². The summed E-state index contributed by atoms with van der Waals surface area (Å²) in [5.74, 6) is 1.70. The Morgan fingerprint density at radius 2 is 2.22 bits per heavy atom. The molecule has 5 nitrogen and oxygen atoms in total. The van der Waals surface area contributed by atoms with E-state index in [0.29, 0.717) is 12.4 Å². The molecule has 0 aliphatic carbocycles. The molecule has 0 radical (unpaired) electrons. The molecule has 1 aromatic heterocycles. The summed E-state index contributed by atoms with van der Waals surface area (Å²) >= 11 is 0. The highest BCUT2D eigenvalue weighted by Gasteiger charge is 2.22. The summed E-state index contributed by atoms with van der Waals surface area (Å²) in [5, 5.41) is 13.5. The number of nitrogens with zero attached hydrogens (tertiary/aromatic N) is 3. The van der Waals surface area contributed by atoms with Crippen molar-refractivity contribution in [3.8, 4) is 0 Å². The summed E-state index contributed by atoms with van der Waals surface area (Å²) in [4.78, 5) is 6.68. The zero-order valence-electron chi connectivity index (χ0n) is 11.3. The van der Waals surface area contributed by atoms with Crippen molar-refractivity contribution in [3.63, 3.8) is 0 Å². The highest BCUT2D eigenvalue weighted by atomic mass is 16.5. The molecule has 5 heteroatoms. The summed E-state index contributed by atoms with van der Waals surface area (Å²) in [7, 11) is 0. The van der Waals surface area contributed by atoms with Gasteiger partial charge in [-0.25, -0.2) is 0 Å². The summed E-state index contributed by atoms with van der Waals surface area (Å²) in [6.07, 6.45) is 4.69. The van der Waals surface area contributed by atoms with Crippen LogP contribution in [0.2, 0.25) is 0 Å². The number of rotatable bonds is 4. The molecule has 1 aromatic rings. The zero-order chi connectivity index (χ0) is 13.0. The largest absolute Gasteiger partial charge is 0.395 e. The Hall–Kier alpha value is -0.940. The van der Waals surface area contributed by atoms with E-state index in [9.17, 15) is 5.11 Å². The van der Waals surface area contributed by atoms with E-state index in [2.05, 4.69) is 15.0 Å². The van der Waals surface area contributed by atoms with Gasteiger partial charge in [0.15, 0.2) is 5.82 Å². The Bertz CT molecular complexity index is 365. The van der Waals surface area contributed by atoms with E-state index >= 15 is 0 Å². The molecular weight excluding hydrogens is 230 g/mol. The monoisotopic (exact) mass is 253 g/mol. The zero-order valence-corrected chi connectivity index (χ0v) is 11.3. The second kappa shape index (κ2) is 6.29. The number of aromatic nitrogens is 2. The third kappa shape index (κ3) is 3.29. The molecule has 0 aromatic carbocycles. The fraction of sp³-hybridized carbons (Fsp3) is 0.846. The fourth-order valence-electron chi connectivity index (χ4n) is 2.40. The van der Waals surface area contributed by atoms with Gasteiger partial charge < -0.3 is 9.63 Å². The summed E-state index contributed by atoms with van der Waals surface area (Å²) < 4.78 is 5.22. The molecule has 18 heavy (non-hydrogen) atoms. The van der Waals surface area contributed by atoms with Gasteiger partial charge in [0.1, 0.15) is 0 Å². The van der Waals surface area contributed by atoms with Crippen molar-refractivity contribution in [2.75, 3.05) is 13.2 Å². The molecule has 1 atom stereocenters. The van der Waals surface area contributed by atoms with Gasteiger partial charge in [-0.15, -0.1) is 0 Å². The van der Waals surface area contributed by atoms with Gasteiger partial charge in [0.2, 0.25) is 5.89 Å². The van der Waals surface area contributed by atoms with Crippen molar-refractivity contribution in [3.05, 3.63) is 11.7 Å². The van der Waals surface area contributed by atoms with Gasteiger partial charge in [-0.05, 0) is 19.4 Å². The molecule has 2 rings (SSSR count). The maximum Gasteiger partial charge on any atom is 0.229 e. The molecule has 0 amide bonds. The minimum absolute atomic E-state index is 0.217. The molecular formula is C13H23N3O2. The summed E-state index contributed by atoms with van der Waals surface area (Å²) in [6, 6.07) is 0.244. The minimum atomic E-state index is 0.217. The SMILES string of the molecule is CC(C)c1nc(CN2CCCCCC2CO)no1. The van der Waals surface area contributed by atoms with E-state index in [4.69, 9.17) is 4.52 Å². The average molecular weight is 253 g/mol. The Kier molecular flexibility index (Phi) is 4.72. The van der Waals surface area contributed by atoms with Gasteiger partial charge >= 0.3 is 0 Å². The van der Waals surface area contributed by atoms with Gasteiger partial charge in [0.05, 0.1) is 13.2 Å². The summed E-state index contributed by atoms with van der Waals surface area (Å²) in [6.45, 7) is 5.99. The van der Waals surface area contributed by atoms with Crippen molar-refractivity contribution in [2.45, 2.75) is 58.0 Å². The second-order valence-electron chi connectivity index (χ2n) is 5.36. The first-order chi connectivity index (χ1) is 8.70. The van der Waals surface area contributed by atoms with Gasteiger partial charge in [0, 0.05) is 12.0 Å². The second-order valence-corrected chi connectivity index (χ2v) is 5.36. The lowest BCUT2D eigenvalue weighted by Crippen LogP contribution is -2.37. The highest BCUT2D eigenvalue weighted by Crippen LogP contribution is 2.19. The number of hydrogen-bond donors (Lipinski definition) is 1. The predicted octanol–water partition coefficient (Wildman–Crippen LogP) is 1.93. The maximum atomic E-state index is 9.45. The van der Waals surface area contributed by atoms with Crippen LogP contribution in [0.5, 0.6) is 0 Å². The molecule has 102 valence electrons. The van der Waals surface area contributed by atoms with Crippen LogP contribution in [-0.4, -0.2) is 39.3 Å². The van der Waals surface area contributed by atoms with Crippen LogP contribution >= 0.6 is 0 Å².